The van der Waals surface area contributed by atoms with Crippen molar-refractivity contribution in [1.82, 2.24) is 0 Å². The lowest BCUT2D eigenvalue weighted by Gasteiger charge is -2.06. The molecule has 6 nitrogen and oxygen atoms in total. The molecule has 0 amide bonds. The van der Waals surface area contributed by atoms with Crippen molar-refractivity contribution in [2.45, 2.75) is 6.42 Å². The average Bonchev–Trinajstić information content (AvgIpc) is 2.29. The van der Waals surface area contributed by atoms with E-state index in [0.717, 1.165) is 6.42 Å². The number of hydrogen-bond acceptors (Lipinski definition) is 6. The van der Waals surface area contributed by atoms with Crippen LogP contribution in [0.15, 0.2) is 0 Å². The average molecular weight is 305 g/mol. The first kappa shape index (κ1) is 18.1. The van der Waals surface area contributed by atoms with Gasteiger partial charge in [-0.05, 0) is 6.42 Å². The molecule has 0 rings (SSSR count). The minimum atomic E-state index is -3.46. The fourth-order valence-electron chi connectivity index (χ4n) is 1.01. The Morgan fingerprint density at radius 3 is 1.83 bits per heavy atom. The molecule has 0 aliphatic carbocycles. The van der Waals surface area contributed by atoms with E-state index in [2.05, 4.69) is 0 Å². The van der Waals surface area contributed by atoms with Gasteiger partial charge in [0.05, 0.1) is 38.8 Å². The molecule has 110 valence electrons. The molecule has 0 saturated heterocycles. The van der Waals surface area contributed by atoms with Crippen LogP contribution < -0.4 is 0 Å². The second-order valence-electron chi connectivity index (χ2n) is 3.43. The van der Waals surface area contributed by atoms with E-state index < -0.39 is 9.05 Å². The van der Waals surface area contributed by atoms with Gasteiger partial charge in [0.25, 0.3) is 0 Å². The summed E-state index contributed by atoms with van der Waals surface area (Å²) in [6.07, 6.45) is 0.868. The molecule has 0 spiro atoms. The smallest absolute Gasteiger partial charge is 0.234 e. The zero-order valence-electron chi connectivity index (χ0n) is 10.6. The van der Waals surface area contributed by atoms with Crippen molar-refractivity contribution in [3.05, 3.63) is 0 Å². The molecule has 18 heavy (non-hydrogen) atoms. The number of methoxy groups -OCH3 is 1. The SMILES string of the molecule is COCCCOCCOCCOCCS(=O)(=O)Cl. The van der Waals surface area contributed by atoms with E-state index in [9.17, 15) is 8.42 Å². The summed E-state index contributed by atoms with van der Waals surface area (Å²) in [5.74, 6) is -0.183. The second-order valence-corrected chi connectivity index (χ2v) is 6.32. The van der Waals surface area contributed by atoms with Crippen molar-refractivity contribution in [1.29, 1.82) is 0 Å². The lowest BCUT2D eigenvalue weighted by molar-refractivity contribution is 0.0138. The van der Waals surface area contributed by atoms with Gasteiger partial charge < -0.3 is 18.9 Å². The van der Waals surface area contributed by atoms with E-state index in [1.165, 1.54) is 0 Å². The van der Waals surface area contributed by atoms with Gasteiger partial charge in [0.2, 0.25) is 9.05 Å². The van der Waals surface area contributed by atoms with Gasteiger partial charge in [-0.1, -0.05) is 0 Å². The molecule has 0 N–H and O–H groups in total. The highest BCUT2D eigenvalue weighted by Crippen LogP contribution is 1.95. The molecule has 0 aromatic carbocycles. The van der Waals surface area contributed by atoms with Crippen LogP contribution in [0.25, 0.3) is 0 Å². The quantitative estimate of drug-likeness (QED) is 0.367. The highest BCUT2D eigenvalue weighted by atomic mass is 35.7. The Labute approximate surface area is 113 Å². The van der Waals surface area contributed by atoms with Crippen LogP contribution in [0.1, 0.15) is 6.42 Å². The van der Waals surface area contributed by atoms with Crippen LogP contribution in [-0.2, 0) is 28.0 Å². The van der Waals surface area contributed by atoms with Crippen molar-refractivity contribution in [2.24, 2.45) is 0 Å². The van der Waals surface area contributed by atoms with Gasteiger partial charge in [0, 0.05) is 31.0 Å². The maximum atomic E-state index is 10.5. The maximum Gasteiger partial charge on any atom is 0.234 e. The Morgan fingerprint density at radius 2 is 1.33 bits per heavy atom. The van der Waals surface area contributed by atoms with Crippen LogP contribution in [0.2, 0.25) is 0 Å². The van der Waals surface area contributed by atoms with Gasteiger partial charge >= 0.3 is 0 Å². The predicted molar refractivity (Wildman–Crippen MR) is 68.6 cm³/mol. The molecular weight excluding hydrogens is 284 g/mol. The van der Waals surface area contributed by atoms with E-state index in [0.29, 0.717) is 39.6 Å². The summed E-state index contributed by atoms with van der Waals surface area (Å²) in [6, 6.07) is 0. The van der Waals surface area contributed by atoms with E-state index in [1.807, 2.05) is 0 Å². The van der Waals surface area contributed by atoms with Crippen LogP contribution >= 0.6 is 10.7 Å². The molecule has 0 aromatic heterocycles. The standard InChI is InChI=1S/C10H21ClO6S/c1-14-3-2-4-15-5-6-16-7-8-17-9-10-18(11,12)13/h2-10H2,1H3. The lowest BCUT2D eigenvalue weighted by Crippen LogP contribution is -2.13. The first-order chi connectivity index (χ1) is 8.56. The van der Waals surface area contributed by atoms with E-state index in [1.54, 1.807) is 7.11 Å². The van der Waals surface area contributed by atoms with Crippen LogP contribution in [0.5, 0.6) is 0 Å². The monoisotopic (exact) mass is 304 g/mol. The minimum Gasteiger partial charge on any atom is -0.385 e. The summed E-state index contributed by atoms with van der Waals surface area (Å²) in [7, 11) is 3.19. The first-order valence-electron chi connectivity index (χ1n) is 5.71. The largest absolute Gasteiger partial charge is 0.385 e. The number of ether oxygens (including phenoxy) is 4. The molecule has 0 aromatic rings. The molecule has 0 atom stereocenters. The van der Waals surface area contributed by atoms with Gasteiger partial charge in [-0.2, -0.15) is 0 Å². The van der Waals surface area contributed by atoms with E-state index in [-0.39, 0.29) is 12.4 Å². The molecule has 0 heterocycles. The fourth-order valence-corrected chi connectivity index (χ4v) is 1.51. The normalized spacial score (nSPS) is 11.9. The number of hydrogen-bond donors (Lipinski definition) is 0. The van der Waals surface area contributed by atoms with Gasteiger partial charge in [-0.3, -0.25) is 0 Å². The third kappa shape index (κ3) is 16.1. The molecule has 0 aliphatic rings. The third-order valence-electron chi connectivity index (χ3n) is 1.85. The number of halogens is 1. The lowest BCUT2D eigenvalue weighted by atomic mass is 10.5. The Bertz CT molecular complexity index is 270. The topological polar surface area (TPSA) is 71.1 Å². The van der Waals surface area contributed by atoms with Gasteiger partial charge in [-0.15, -0.1) is 0 Å². The van der Waals surface area contributed by atoms with Crippen molar-refractivity contribution in [3.63, 3.8) is 0 Å². The summed E-state index contributed by atoms with van der Waals surface area (Å²) >= 11 is 0. The first-order valence-corrected chi connectivity index (χ1v) is 8.18. The van der Waals surface area contributed by atoms with Crippen LogP contribution in [0, 0.1) is 0 Å². The zero-order valence-corrected chi connectivity index (χ0v) is 12.2. The Morgan fingerprint density at radius 1 is 0.833 bits per heavy atom. The molecule has 0 unspecified atom stereocenters. The summed E-state index contributed by atoms with van der Waals surface area (Å²) in [4.78, 5) is 0. The Balaban J connectivity index is 3.03. The fraction of sp³-hybridized carbons (Fsp3) is 1.00. The van der Waals surface area contributed by atoms with E-state index in [4.69, 9.17) is 29.6 Å². The predicted octanol–water partition coefficient (Wildman–Crippen LogP) is 0.641. The van der Waals surface area contributed by atoms with Crippen LogP contribution in [0.3, 0.4) is 0 Å². The van der Waals surface area contributed by atoms with Gasteiger partial charge in [0.1, 0.15) is 0 Å². The molecular formula is C10H21ClO6S. The highest BCUT2D eigenvalue weighted by molar-refractivity contribution is 8.13. The second kappa shape index (κ2) is 12.1. The maximum absolute atomic E-state index is 10.5. The van der Waals surface area contributed by atoms with Crippen LogP contribution in [0.4, 0.5) is 0 Å². The molecule has 0 fully saturated rings. The Hall–Kier alpha value is 0.0800. The highest BCUT2D eigenvalue weighted by Gasteiger charge is 2.03. The van der Waals surface area contributed by atoms with E-state index >= 15 is 0 Å². The summed E-state index contributed by atoms with van der Waals surface area (Å²) in [6.45, 7) is 3.20. The Kier molecular flexibility index (Phi) is 12.2. The van der Waals surface area contributed by atoms with Crippen molar-refractivity contribution in [2.75, 3.05) is 59.1 Å². The minimum absolute atomic E-state index is 0.0860. The van der Waals surface area contributed by atoms with Crippen LogP contribution in [-0.4, -0.2) is 67.5 Å². The molecule has 0 saturated carbocycles. The van der Waals surface area contributed by atoms with Crippen molar-refractivity contribution in [3.8, 4) is 0 Å². The summed E-state index contributed by atoms with van der Waals surface area (Å²) in [5.41, 5.74) is 0. The third-order valence-corrected chi connectivity index (χ3v) is 2.97. The van der Waals surface area contributed by atoms with Gasteiger partial charge in [0.15, 0.2) is 0 Å². The molecule has 0 aliphatic heterocycles. The molecule has 0 radical (unpaired) electrons. The zero-order chi connectivity index (χ0) is 13.7. The van der Waals surface area contributed by atoms with Gasteiger partial charge in [-0.25, -0.2) is 8.42 Å². The summed E-state index contributed by atoms with van der Waals surface area (Å²) in [5, 5.41) is 0. The van der Waals surface area contributed by atoms with Crippen molar-refractivity contribution < 1.29 is 27.4 Å². The number of rotatable bonds is 13. The summed E-state index contributed by atoms with van der Waals surface area (Å²) < 4.78 is 41.5. The van der Waals surface area contributed by atoms with Crippen molar-refractivity contribution >= 4 is 19.7 Å². The molecule has 0 bridgehead atoms. The molecule has 8 heteroatoms.